The predicted octanol–water partition coefficient (Wildman–Crippen LogP) is 7.56. The minimum absolute atomic E-state index is 0.272. The number of aromatic hydroxyl groups is 2. The standard InChI is InChI=1S/C15H17NO.C14H15NO/c1-3-16(13-9-5-4-8-12(13)2)14-10-6-7-11-15(14)17;1-2-11-7-3-4-8-12(11)15-13-9-5-6-10-14(13)16/h4-11,17H,3H2,1-2H3;3-10,15-16H,2H2,1H3. The van der Waals surface area contributed by atoms with Crippen LogP contribution in [0.25, 0.3) is 0 Å². The van der Waals surface area contributed by atoms with E-state index in [1.54, 1.807) is 12.1 Å². The summed E-state index contributed by atoms with van der Waals surface area (Å²) >= 11 is 0. The molecule has 0 saturated heterocycles. The maximum atomic E-state index is 9.92. The Morgan fingerprint density at radius 1 is 0.636 bits per heavy atom. The first-order valence-electron chi connectivity index (χ1n) is 11.3. The van der Waals surface area contributed by atoms with Gasteiger partial charge in [0.1, 0.15) is 11.5 Å². The van der Waals surface area contributed by atoms with E-state index in [1.165, 1.54) is 11.1 Å². The summed E-state index contributed by atoms with van der Waals surface area (Å²) in [5.41, 5.74) is 6.22. The molecule has 0 amide bonds. The molecule has 0 aliphatic rings. The molecule has 0 radical (unpaired) electrons. The summed E-state index contributed by atoms with van der Waals surface area (Å²) in [7, 11) is 0. The third-order valence-corrected chi connectivity index (χ3v) is 5.47. The molecule has 4 heteroatoms. The number of benzene rings is 4. The summed E-state index contributed by atoms with van der Waals surface area (Å²) < 4.78 is 0. The van der Waals surface area contributed by atoms with Gasteiger partial charge in [-0.2, -0.15) is 0 Å². The van der Waals surface area contributed by atoms with Crippen molar-refractivity contribution in [2.75, 3.05) is 16.8 Å². The molecule has 0 fully saturated rings. The zero-order chi connectivity index (χ0) is 23.6. The Hall–Kier alpha value is -3.92. The third-order valence-electron chi connectivity index (χ3n) is 5.47. The lowest BCUT2D eigenvalue weighted by atomic mass is 10.1. The molecule has 0 atom stereocenters. The highest BCUT2D eigenvalue weighted by atomic mass is 16.3. The molecule has 0 saturated carbocycles. The van der Waals surface area contributed by atoms with Crippen molar-refractivity contribution in [2.24, 2.45) is 0 Å². The summed E-state index contributed by atoms with van der Waals surface area (Å²) in [5, 5.41) is 22.8. The Morgan fingerprint density at radius 2 is 1.18 bits per heavy atom. The van der Waals surface area contributed by atoms with E-state index in [-0.39, 0.29) is 5.75 Å². The second kappa shape index (κ2) is 11.6. The first kappa shape index (κ1) is 23.7. The van der Waals surface area contributed by atoms with Gasteiger partial charge in [-0.05, 0) is 67.8 Å². The van der Waals surface area contributed by atoms with Crippen LogP contribution in [-0.2, 0) is 6.42 Å². The van der Waals surface area contributed by atoms with E-state index < -0.39 is 0 Å². The lowest BCUT2D eigenvalue weighted by Gasteiger charge is -2.25. The van der Waals surface area contributed by atoms with E-state index in [1.807, 2.05) is 66.7 Å². The summed E-state index contributed by atoms with van der Waals surface area (Å²) in [6.07, 6.45) is 0.969. The number of hydrogen-bond acceptors (Lipinski definition) is 4. The van der Waals surface area contributed by atoms with Crippen LogP contribution in [0.1, 0.15) is 25.0 Å². The van der Waals surface area contributed by atoms with E-state index in [2.05, 4.69) is 49.2 Å². The molecule has 4 nitrogen and oxygen atoms in total. The quantitative estimate of drug-likeness (QED) is 0.271. The van der Waals surface area contributed by atoms with Crippen LogP contribution >= 0.6 is 0 Å². The van der Waals surface area contributed by atoms with E-state index in [9.17, 15) is 10.2 Å². The van der Waals surface area contributed by atoms with Crippen LogP contribution in [-0.4, -0.2) is 16.8 Å². The topological polar surface area (TPSA) is 55.7 Å². The highest BCUT2D eigenvalue weighted by molar-refractivity contribution is 5.71. The maximum absolute atomic E-state index is 9.92. The average molecular weight is 441 g/mol. The fourth-order valence-electron chi connectivity index (χ4n) is 3.70. The first-order chi connectivity index (χ1) is 16.0. The highest BCUT2D eigenvalue weighted by Gasteiger charge is 2.12. The minimum Gasteiger partial charge on any atom is -0.506 e. The Morgan fingerprint density at radius 3 is 1.79 bits per heavy atom. The van der Waals surface area contributed by atoms with E-state index in [4.69, 9.17) is 0 Å². The Labute approximate surface area is 196 Å². The Kier molecular flexibility index (Phi) is 8.36. The third kappa shape index (κ3) is 6.07. The molecule has 4 aromatic rings. The van der Waals surface area contributed by atoms with Gasteiger partial charge in [0.2, 0.25) is 0 Å². The highest BCUT2D eigenvalue weighted by Crippen LogP contribution is 2.34. The van der Waals surface area contributed by atoms with Gasteiger partial charge in [0.05, 0.1) is 11.4 Å². The van der Waals surface area contributed by atoms with Crippen LogP contribution < -0.4 is 10.2 Å². The number of hydrogen-bond donors (Lipinski definition) is 3. The van der Waals surface area contributed by atoms with E-state index in [0.29, 0.717) is 5.75 Å². The van der Waals surface area contributed by atoms with Crippen molar-refractivity contribution in [1.82, 2.24) is 0 Å². The van der Waals surface area contributed by atoms with Gasteiger partial charge in [-0.15, -0.1) is 0 Å². The molecule has 4 rings (SSSR count). The van der Waals surface area contributed by atoms with Gasteiger partial charge in [0.15, 0.2) is 0 Å². The summed E-state index contributed by atoms with van der Waals surface area (Å²) in [4.78, 5) is 2.12. The van der Waals surface area contributed by atoms with Crippen LogP contribution in [0.5, 0.6) is 11.5 Å². The molecular weight excluding hydrogens is 408 g/mol. The van der Waals surface area contributed by atoms with E-state index in [0.717, 1.165) is 35.7 Å². The van der Waals surface area contributed by atoms with Crippen molar-refractivity contribution in [2.45, 2.75) is 27.2 Å². The van der Waals surface area contributed by atoms with E-state index >= 15 is 0 Å². The molecule has 0 bridgehead atoms. The molecule has 170 valence electrons. The second-order valence-electron chi connectivity index (χ2n) is 7.67. The molecule has 0 aromatic heterocycles. The summed E-state index contributed by atoms with van der Waals surface area (Å²) in [6, 6.07) is 31.0. The van der Waals surface area contributed by atoms with Crippen molar-refractivity contribution in [3.63, 3.8) is 0 Å². The van der Waals surface area contributed by atoms with Crippen molar-refractivity contribution in [1.29, 1.82) is 0 Å². The van der Waals surface area contributed by atoms with Crippen molar-refractivity contribution in [3.8, 4) is 11.5 Å². The molecule has 0 aliphatic carbocycles. The average Bonchev–Trinajstić information content (AvgIpc) is 2.84. The SMILES string of the molecule is CCN(c1ccccc1C)c1ccccc1O.CCc1ccccc1Nc1ccccc1O. The largest absolute Gasteiger partial charge is 0.506 e. The van der Waals surface area contributed by atoms with Gasteiger partial charge >= 0.3 is 0 Å². The fraction of sp³-hybridized carbons (Fsp3) is 0.172. The minimum atomic E-state index is 0.272. The molecule has 0 aliphatic heterocycles. The molecule has 4 aromatic carbocycles. The summed E-state index contributed by atoms with van der Waals surface area (Å²) in [5.74, 6) is 0.589. The molecule has 0 unspecified atom stereocenters. The van der Waals surface area contributed by atoms with Gasteiger partial charge in [0, 0.05) is 17.9 Å². The first-order valence-corrected chi connectivity index (χ1v) is 11.3. The van der Waals surface area contributed by atoms with Crippen molar-refractivity contribution in [3.05, 3.63) is 108 Å². The molecule has 0 heterocycles. The van der Waals surface area contributed by atoms with Gasteiger partial charge < -0.3 is 20.4 Å². The monoisotopic (exact) mass is 440 g/mol. The number of aryl methyl sites for hydroxylation is 2. The van der Waals surface area contributed by atoms with Crippen LogP contribution in [0.4, 0.5) is 22.7 Å². The number of nitrogens with one attached hydrogen (secondary N) is 1. The lowest BCUT2D eigenvalue weighted by Crippen LogP contribution is -2.17. The van der Waals surface area contributed by atoms with Crippen LogP contribution in [0.15, 0.2) is 97.1 Å². The van der Waals surface area contributed by atoms with Gasteiger partial charge in [-0.1, -0.05) is 67.6 Å². The maximum Gasteiger partial charge on any atom is 0.139 e. The number of rotatable bonds is 6. The smallest absolute Gasteiger partial charge is 0.139 e. The molecule has 3 N–H and O–H groups in total. The van der Waals surface area contributed by atoms with Gasteiger partial charge in [-0.3, -0.25) is 0 Å². The molecule has 33 heavy (non-hydrogen) atoms. The second-order valence-corrected chi connectivity index (χ2v) is 7.67. The van der Waals surface area contributed by atoms with Crippen LogP contribution in [0.3, 0.4) is 0 Å². The van der Waals surface area contributed by atoms with Crippen molar-refractivity contribution < 1.29 is 10.2 Å². The molecular formula is C29H32N2O2. The zero-order valence-electron chi connectivity index (χ0n) is 19.5. The van der Waals surface area contributed by atoms with Crippen LogP contribution in [0.2, 0.25) is 0 Å². The zero-order valence-corrected chi connectivity index (χ0v) is 19.5. The van der Waals surface area contributed by atoms with Gasteiger partial charge in [0.25, 0.3) is 0 Å². The number of nitrogens with zero attached hydrogens (tertiary/aromatic N) is 1. The summed E-state index contributed by atoms with van der Waals surface area (Å²) in [6.45, 7) is 7.10. The normalized spacial score (nSPS) is 10.2. The Balaban J connectivity index is 0.000000186. The number of para-hydroxylation sites is 6. The molecule has 0 spiro atoms. The van der Waals surface area contributed by atoms with Crippen molar-refractivity contribution >= 4 is 22.7 Å². The van der Waals surface area contributed by atoms with Crippen LogP contribution in [0, 0.1) is 6.92 Å². The fourth-order valence-corrected chi connectivity index (χ4v) is 3.70. The number of anilines is 4. The Bertz CT molecular complexity index is 1130. The number of phenols is 2. The number of phenolic OH excluding ortho intramolecular Hbond substituents is 2. The lowest BCUT2D eigenvalue weighted by molar-refractivity contribution is 0.475. The van der Waals surface area contributed by atoms with Gasteiger partial charge in [-0.25, -0.2) is 0 Å². The predicted molar refractivity (Wildman–Crippen MR) is 139 cm³/mol.